The van der Waals surface area contributed by atoms with Gasteiger partial charge in [0.25, 0.3) is 0 Å². The first-order valence-electron chi connectivity index (χ1n) is 7.91. The molecule has 0 unspecified atom stereocenters. The van der Waals surface area contributed by atoms with Crippen LogP contribution in [0, 0.1) is 11.6 Å². The minimum absolute atomic E-state index is 0.200. The Labute approximate surface area is 139 Å². The number of hydrogen-bond acceptors (Lipinski definition) is 4. The third-order valence-corrected chi connectivity index (χ3v) is 4.26. The Hall–Kier alpha value is -1.89. The number of nitrogens with zero attached hydrogens (tertiary/aromatic N) is 2. The number of morpholine rings is 1. The molecule has 1 aromatic heterocycles. The monoisotopic (exact) mass is 334 g/mol. The van der Waals surface area contributed by atoms with E-state index in [2.05, 4.69) is 9.88 Å². The maximum absolute atomic E-state index is 13.9. The first kappa shape index (κ1) is 17.0. The van der Waals surface area contributed by atoms with Gasteiger partial charge in [0.2, 0.25) is 0 Å². The van der Waals surface area contributed by atoms with E-state index in [-0.39, 0.29) is 18.2 Å². The standard InChI is InChI=1S/C18H20F2N2O2/c19-15-5-6-16(21-10-15)11-22-7-8-24-18(12-22,13-23)9-14-3-1-2-4-17(14)20/h1-6,10,23H,7-9,11-13H2/t18-/m1/s1. The summed E-state index contributed by atoms with van der Waals surface area (Å²) in [6, 6.07) is 9.54. The van der Waals surface area contributed by atoms with Crippen molar-refractivity contribution in [2.24, 2.45) is 0 Å². The number of ether oxygens (including phenoxy) is 1. The summed E-state index contributed by atoms with van der Waals surface area (Å²) in [6.07, 6.45) is 1.48. The van der Waals surface area contributed by atoms with Gasteiger partial charge in [0.1, 0.15) is 17.2 Å². The Kier molecular flexibility index (Phi) is 5.18. The molecule has 1 saturated heterocycles. The molecule has 1 aliphatic heterocycles. The highest BCUT2D eigenvalue weighted by Gasteiger charge is 2.37. The topological polar surface area (TPSA) is 45.6 Å². The summed E-state index contributed by atoms with van der Waals surface area (Å²) < 4.78 is 32.7. The van der Waals surface area contributed by atoms with Crippen LogP contribution in [0.3, 0.4) is 0 Å². The zero-order valence-electron chi connectivity index (χ0n) is 13.3. The van der Waals surface area contributed by atoms with E-state index in [9.17, 15) is 13.9 Å². The Morgan fingerprint density at radius 3 is 2.75 bits per heavy atom. The summed E-state index contributed by atoms with van der Waals surface area (Å²) in [5.74, 6) is -0.670. The van der Waals surface area contributed by atoms with Crippen molar-refractivity contribution < 1.29 is 18.6 Å². The van der Waals surface area contributed by atoms with Crippen LogP contribution >= 0.6 is 0 Å². The summed E-state index contributed by atoms with van der Waals surface area (Å²) in [6.45, 7) is 1.91. The second-order valence-electron chi connectivity index (χ2n) is 6.14. The largest absolute Gasteiger partial charge is 0.393 e. The van der Waals surface area contributed by atoms with Gasteiger partial charge >= 0.3 is 0 Å². The Morgan fingerprint density at radius 1 is 1.21 bits per heavy atom. The smallest absolute Gasteiger partial charge is 0.141 e. The number of pyridine rings is 1. The molecule has 2 heterocycles. The van der Waals surface area contributed by atoms with Crippen molar-refractivity contribution in [2.75, 3.05) is 26.3 Å². The van der Waals surface area contributed by atoms with E-state index < -0.39 is 5.60 Å². The molecule has 128 valence electrons. The molecule has 1 fully saturated rings. The van der Waals surface area contributed by atoms with E-state index in [1.165, 1.54) is 18.3 Å². The molecule has 3 rings (SSSR count). The van der Waals surface area contributed by atoms with Crippen molar-refractivity contribution in [3.8, 4) is 0 Å². The van der Waals surface area contributed by atoms with E-state index in [0.29, 0.717) is 38.2 Å². The molecular formula is C18H20F2N2O2. The fraction of sp³-hybridized carbons (Fsp3) is 0.389. The predicted molar refractivity (Wildman–Crippen MR) is 85.3 cm³/mol. The van der Waals surface area contributed by atoms with Crippen LogP contribution in [-0.4, -0.2) is 46.9 Å². The molecule has 1 aliphatic rings. The number of hydrogen-bond donors (Lipinski definition) is 1. The molecule has 0 radical (unpaired) electrons. The Morgan fingerprint density at radius 2 is 2.04 bits per heavy atom. The second-order valence-corrected chi connectivity index (χ2v) is 6.14. The minimum atomic E-state index is -0.847. The van der Waals surface area contributed by atoms with Crippen LogP contribution in [0.4, 0.5) is 8.78 Å². The molecule has 0 bridgehead atoms. The molecule has 4 nitrogen and oxygen atoms in total. The summed E-state index contributed by atoms with van der Waals surface area (Å²) in [7, 11) is 0. The second kappa shape index (κ2) is 7.34. The molecule has 0 spiro atoms. The molecule has 6 heteroatoms. The number of benzene rings is 1. The number of aromatic nitrogens is 1. The average Bonchev–Trinajstić information content (AvgIpc) is 2.59. The van der Waals surface area contributed by atoms with E-state index in [1.54, 1.807) is 24.3 Å². The van der Waals surface area contributed by atoms with Crippen LogP contribution in [0.25, 0.3) is 0 Å². The van der Waals surface area contributed by atoms with E-state index in [0.717, 1.165) is 5.69 Å². The lowest BCUT2D eigenvalue weighted by atomic mass is 9.92. The summed E-state index contributed by atoms with van der Waals surface area (Å²) in [4.78, 5) is 6.15. The van der Waals surface area contributed by atoms with Crippen LogP contribution in [0.5, 0.6) is 0 Å². The van der Waals surface area contributed by atoms with Gasteiger partial charge in [0.05, 0.1) is 25.1 Å². The lowest BCUT2D eigenvalue weighted by molar-refractivity contribution is -0.134. The first-order valence-corrected chi connectivity index (χ1v) is 7.91. The predicted octanol–water partition coefficient (Wildman–Crippen LogP) is 2.17. The first-order chi connectivity index (χ1) is 11.6. The van der Waals surface area contributed by atoms with Crippen molar-refractivity contribution in [1.29, 1.82) is 0 Å². The molecule has 1 atom stereocenters. The van der Waals surface area contributed by atoms with Gasteiger partial charge < -0.3 is 9.84 Å². The van der Waals surface area contributed by atoms with E-state index >= 15 is 0 Å². The molecule has 1 N–H and O–H groups in total. The number of aliphatic hydroxyl groups excluding tert-OH is 1. The molecular weight excluding hydrogens is 314 g/mol. The van der Waals surface area contributed by atoms with Crippen molar-refractivity contribution in [3.05, 3.63) is 65.5 Å². The highest BCUT2D eigenvalue weighted by molar-refractivity contribution is 5.20. The Balaban J connectivity index is 1.72. The third kappa shape index (κ3) is 3.95. The summed E-state index contributed by atoms with van der Waals surface area (Å²) in [5, 5.41) is 9.87. The van der Waals surface area contributed by atoms with Crippen LogP contribution in [0.2, 0.25) is 0 Å². The van der Waals surface area contributed by atoms with Gasteiger partial charge in [-0.15, -0.1) is 0 Å². The van der Waals surface area contributed by atoms with Crippen molar-refractivity contribution in [2.45, 2.75) is 18.6 Å². The fourth-order valence-electron chi connectivity index (χ4n) is 3.03. The molecule has 2 aromatic rings. The minimum Gasteiger partial charge on any atom is -0.393 e. The summed E-state index contributed by atoms with van der Waals surface area (Å²) >= 11 is 0. The molecule has 0 saturated carbocycles. The molecule has 24 heavy (non-hydrogen) atoms. The van der Waals surface area contributed by atoms with Crippen LogP contribution in [0.1, 0.15) is 11.3 Å². The van der Waals surface area contributed by atoms with Gasteiger partial charge in [-0.2, -0.15) is 0 Å². The average molecular weight is 334 g/mol. The van der Waals surface area contributed by atoms with Gasteiger partial charge in [0, 0.05) is 26.1 Å². The zero-order chi connectivity index (χ0) is 17.0. The van der Waals surface area contributed by atoms with E-state index in [4.69, 9.17) is 4.74 Å². The van der Waals surface area contributed by atoms with Gasteiger partial charge in [0.15, 0.2) is 0 Å². The van der Waals surface area contributed by atoms with Gasteiger partial charge in [-0.3, -0.25) is 9.88 Å². The Bertz CT molecular complexity index is 681. The maximum atomic E-state index is 13.9. The molecule has 0 amide bonds. The van der Waals surface area contributed by atoms with Crippen molar-refractivity contribution in [1.82, 2.24) is 9.88 Å². The zero-order valence-corrected chi connectivity index (χ0v) is 13.3. The highest BCUT2D eigenvalue weighted by atomic mass is 19.1. The lowest BCUT2D eigenvalue weighted by Gasteiger charge is -2.41. The number of halogens is 2. The van der Waals surface area contributed by atoms with Crippen molar-refractivity contribution >= 4 is 0 Å². The van der Waals surface area contributed by atoms with Crippen molar-refractivity contribution in [3.63, 3.8) is 0 Å². The van der Waals surface area contributed by atoms with Crippen LogP contribution in [-0.2, 0) is 17.7 Å². The highest BCUT2D eigenvalue weighted by Crippen LogP contribution is 2.25. The van der Waals surface area contributed by atoms with Gasteiger partial charge in [-0.1, -0.05) is 18.2 Å². The van der Waals surface area contributed by atoms with Gasteiger partial charge in [-0.05, 0) is 23.8 Å². The number of rotatable bonds is 5. The molecule has 0 aliphatic carbocycles. The third-order valence-electron chi connectivity index (χ3n) is 4.26. The SMILES string of the molecule is OC[C@@]1(Cc2ccccc2F)CN(Cc2ccc(F)cn2)CCO1. The molecule has 1 aromatic carbocycles. The fourth-order valence-corrected chi connectivity index (χ4v) is 3.03. The van der Waals surface area contributed by atoms with Gasteiger partial charge in [-0.25, -0.2) is 8.78 Å². The summed E-state index contributed by atoms with van der Waals surface area (Å²) in [5.41, 5.74) is 0.421. The normalized spacial score (nSPS) is 21.8. The van der Waals surface area contributed by atoms with Crippen LogP contribution < -0.4 is 0 Å². The van der Waals surface area contributed by atoms with Crippen LogP contribution in [0.15, 0.2) is 42.6 Å². The van der Waals surface area contributed by atoms with E-state index in [1.807, 2.05) is 0 Å². The lowest BCUT2D eigenvalue weighted by Crippen LogP contribution is -2.55. The quantitative estimate of drug-likeness (QED) is 0.910. The number of aliphatic hydroxyl groups is 1. The maximum Gasteiger partial charge on any atom is 0.141 e.